The lowest BCUT2D eigenvalue weighted by atomic mass is 9.69. The van der Waals surface area contributed by atoms with Crippen molar-refractivity contribution in [3.8, 4) is 11.5 Å². The molecule has 0 spiro atoms. The number of benzene rings is 1. The minimum absolute atomic E-state index is 0.168. The molecular weight excluding hydrogens is 290 g/mol. The lowest BCUT2D eigenvalue weighted by Crippen LogP contribution is -2.48. The zero-order chi connectivity index (χ0) is 15.5. The Kier molecular flexibility index (Phi) is 4.02. The van der Waals surface area contributed by atoms with Crippen molar-refractivity contribution >= 4 is 5.96 Å². The zero-order valence-corrected chi connectivity index (χ0v) is 13.6. The third-order valence-electron chi connectivity index (χ3n) is 5.29. The number of aliphatic imine (C=N–C) groups is 1. The van der Waals surface area contributed by atoms with Crippen LogP contribution >= 0.6 is 0 Å². The number of hydrogen-bond donors (Lipinski definition) is 2. The highest BCUT2D eigenvalue weighted by Crippen LogP contribution is 2.43. The normalized spacial score (nSPS) is 22.2. The number of nitrogens with zero attached hydrogens (tertiary/aromatic N) is 1. The zero-order valence-electron chi connectivity index (χ0n) is 13.6. The molecule has 1 aromatic rings. The van der Waals surface area contributed by atoms with Crippen molar-refractivity contribution < 1.29 is 9.47 Å². The van der Waals surface area contributed by atoms with Gasteiger partial charge in [0.25, 0.3) is 0 Å². The summed E-state index contributed by atoms with van der Waals surface area (Å²) in [4.78, 5) is 4.55. The van der Waals surface area contributed by atoms with Gasteiger partial charge in [-0.2, -0.15) is 0 Å². The summed E-state index contributed by atoms with van der Waals surface area (Å²) in [5, 5.41) is 6.93. The number of guanidine groups is 1. The summed E-state index contributed by atoms with van der Waals surface area (Å²) in [6, 6.07) is 6.46. The molecule has 0 aromatic heterocycles. The Morgan fingerprint density at radius 2 is 1.96 bits per heavy atom. The predicted molar refractivity (Wildman–Crippen MR) is 90.3 cm³/mol. The molecular formula is C18H25N3O2. The predicted octanol–water partition coefficient (Wildman–Crippen LogP) is 2.56. The van der Waals surface area contributed by atoms with Crippen LogP contribution in [-0.2, 0) is 5.41 Å². The fourth-order valence-electron chi connectivity index (χ4n) is 3.93. The van der Waals surface area contributed by atoms with Gasteiger partial charge < -0.3 is 20.1 Å². The van der Waals surface area contributed by atoms with Crippen molar-refractivity contribution in [2.75, 3.05) is 26.4 Å². The molecule has 1 aliphatic carbocycles. The van der Waals surface area contributed by atoms with Gasteiger partial charge in [0.15, 0.2) is 17.5 Å². The van der Waals surface area contributed by atoms with E-state index in [4.69, 9.17) is 9.47 Å². The van der Waals surface area contributed by atoms with Gasteiger partial charge in [-0.05, 0) is 37.0 Å². The molecule has 0 radical (unpaired) electrons. The van der Waals surface area contributed by atoms with Crippen LogP contribution in [0.25, 0.3) is 0 Å². The average Bonchev–Trinajstić information content (AvgIpc) is 3.09. The summed E-state index contributed by atoms with van der Waals surface area (Å²) in [5.74, 6) is 2.72. The van der Waals surface area contributed by atoms with E-state index >= 15 is 0 Å². The van der Waals surface area contributed by atoms with E-state index in [0.717, 1.165) is 43.5 Å². The maximum atomic E-state index is 5.59. The second-order valence-electron chi connectivity index (χ2n) is 6.77. The molecule has 1 aromatic carbocycles. The van der Waals surface area contributed by atoms with E-state index in [9.17, 15) is 0 Å². The van der Waals surface area contributed by atoms with Crippen LogP contribution in [0.3, 0.4) is 0 Å². The average molecular weight is 315 g/mol. The van der Waals surface area contributed by atoms with Gasteiger partial charge in [-0.1, -0.05) is 25.3 Å². The highest BCUT2D eigenvalue weighted by molar-refractivity contribution is 5.80. The van der Waals surface area contributed by atoms with Gasteiger partial charge >= 0.3 is 0 Å². The molecule has 3 aliphatic rings. The fourth-order valence-corrected chi connectivity index (χ4v) is 3.93. The molecule has 23 heavy (non-hydrogen) atoms. The van der Waals surface area contributed by atoms with Crippen LogP contribution in [0.4, 0.5) is 0 Å². The van der Waals surface area contributed by atoms with Crippen LogP contribution < -0.4 is 20.1 Å². The first kappa shape index (κ1) is 14.7. The number of hydrogen-bond acceptors (Lipinski definition) is 5. The molecule has 0 saturated heterocycles. The van der Waals surface area contributed by atoms with Crippen LogP contribution in [-0.4, -0.2) is 32.4 Å². The molecule has 0 atom stereocenters. The minimum atomic E-state index is 0.168. The van der Waals surface area contributed by atoms with E-state index < -0.39 is 0 Å². The van der Waals surface area contributed by atoms with Gasteiger partial charge in [-0.25, -0.2) is 0 Å². The summed E-state index contributed by atoms with van der Waals surface area (Å²) < 4.78 is 11.1. The first-order valence-corrected chi connectivity index (χ1v) is 8.78. The molecule has 2 heterocycles. The maximum Gasteiger partial charge on any atom is 0.231 e. The SMILES string of the molecule is c1cc2c(cc1C1(CNC3=NCCCN3)CCCCC1)OCO2. The molecule has 4 rings (SSSR count). The quantitative estimate of drug-likeness (QED) is 0.900. The largest absolute Gasteiger partial charge is 0.454 e. The Hall–Kier alpha value is -1.91. The first-order chi connectivity index (χ1) is 11.4. The summed E-state index contributed by atoms with van der Waals surface area (Å²) in [7, 11) is 0. The molecule has 2 aliphatic heterocycles. The second-order valence-corrected chi connectivity index (χ2v) is 6.77. The lowest BCUT2D eigenvalue weighted by molar-refractivity contribution is 0.174. The Morgan fingerprint density at radius 1 is 1.09 bits per heavy atom. The van der Waals surface area contributed by atoms with Gasteiger partial charge in [0.1, 0.15) is 0 Å². The van der Waals surface area contributed by atoms with Crippen molar-refractivity contribution in [2.45, 2.75) is 43.9 Å². The second kappa shape index (κ2) is 6.30. The first-order valence-electron chi connectivity index (χ1n) is 8.78. The molecule has 124 valence electrons. The van der Waals surface area contributed by atoms with Gasteiger partial charge in [0, 0.05) is 25.0 Å². The van der Waals surface area contributed by atoms with Crippen molar-refractivity contribution in [1.29, 1.82) is 0 Å². The fraction of sp³-hybridized carbons (Fsp3) is 0.611. The monoisotopic (exact) mass is 315 g/mol. The summed E-state index contributed by atoms with van der Waals surface area (Å²) in [6.07, 6.45) is 7.47. The third-order valence-corrected chi connectivity index (χ3v) is 5.29. The van der Waals surface area contributed by atoms with Crippen molar-refractivity contribution in [1.82, 2.24) is 10.6 Å². The topological polar surface area (TPSA) is 54.9 Å². The number of ether oxygens (including phenoxy) is 2. The van der Waals surface area contributed by atoms with Crippen LogP contribution in [0.5, 0.6) is 11.5 Å². The van der Waals surface area contributed by atoms with Gasteiger partial charge in [0.05, 0.1) is 0 Å². The van der Waals surface area contributed by atoms with Gasteiger partial charge in [-0.15, -0.1) is 0 Å². The highest BCUT2D eigenvalue weighted by Gasteiger charge is 2.35. The van der Waals surface area contributed by atoms with E-state index in [1.807, 2.05) is 0 Å². The van der Waals surface area contributed by atoms with Crippen LogP contribution in [0.1, 0.15) is 44.1 Å². The maximum absolute atomic E-state index is 5.59. The molecule has 1 saturated carbocycles. The van der Waals surface area contributed by atoms with Crippen molar-refractivity contribution in [2.24, 2.45) is 4.99 Å². The Morgan fingerprint density at radius 3 is 2.78 bits per heavy atom. The number of rotatable bonds is 3. The smallest absolute Gasteiger partial charge is 0.231 e. The number of fused-ring (bicyclic) bond motifs is 1. The minimum Gasteiger partial charge on any atom is -0.454 e. The van der Waals surface area contributed by atoms with Crippen LogP contribution in [0, 0.1) is 0 Å². The van der Waals surface area contributed by atoms with E-state index in [-0.39, 0.29) is 5.41 Å². The molecule has 5 nitrogen and oxygen atoms in total. The van der Waals surface area contributed by atoms with Crippen LogP contribution in [0.15, 0.2) is 23.2 Å². The standard InChI is InChI=1S/C18H25N3O2/c1-2-7-18(8-3-1,12-21-17-19-9-4-10-20-17)14-5-6-15-16(11-14)23-13-22-15/h5-6,11H,1-4,7-10,12-13H2,(H2,19,20,21). The Bertz CT molecular complexity index is 594. The van der Waals surface area contributed by atoms with Crippen LogP contribution in [0.2, 0.25) is 0 Å². The van der Waals surface area contributed by atoms with E-state index in [2.05, 4.69) is 33.8 Å². The van der Waals surface area contributed by atoms with Gasteiger partial charge in [0.2, 0.25) is 6.79 Å². The van der Waals surface area contributed by atoms with Gasteiger partial charge in [-0.3, -0.25) is 4.99 Å². The number of nitrogens with one attached hydrogen (secondary N) is 2. The van der Waals surface area contributed by atoms with E-state index in [1.54, 1.807) is 0 Å². The molecule has 2 N–H and O–H groups in total. The summed E-state index contributed by atoms with van der Waals surface area (Å²) in [5.41, 5.74) is 1.53. The van der Waals surface area contributed by atoms with Crippen molar-refractivity contribution in [3.05, 3.63) is 23.8 Å². The Labute approximate surface area is 137 Å². The molecule has 0 bridgehead atoms. The molecule has 5 heteroatoms. The Balaban J connectivity index is 1.57. The highest BCUT2D eigenvalue weighted by atomic mass is 16.7. The summed E-state index contributed by atoms with van der Waals surface area (Å²) >= 11 is 0. The third kappa shape index (κ3) is 2.96. The molecule has 1 fully saturated rings. The lowest BCUT2D eigenvalue weighted by Gasteiger charge is -2.38. The summed E-state index contributed by atoms with van der Waals surface area (Å²) in [6.45, 7) is 3.21. The molecule has 0 unspecified atom stereocenters. The van der Waals surface area contributed by atoms with Crippen molar-refractivity contribution in [3.63, 3.8) is 0 Å². The molecule has 0 amide bonds. The van der Waals surface area contributed by atoms with E-state index in [1.165, 1.54) is 37.7 Å². The van der Waals surface area contributed by atoms with E-state index in [0.29, 0.717) is 6.79 Å².